The number of hydrogen-bond donors (Lipinski definition) is 4. The first-order chi connectivity index (χ1) is 12.4. The summed E-state index contributed by atoms with van der Waals surface area (Å²) in [5.74, 6) is 0.151. The van der Waals surface area contributed by atoms with Crippen LogP contribution in [-0.4, -0.2) is 62.1 Å². The summed E-state index contributed by atoms with van der Waals surface area (Å²) in [6, 6.07) is 7.16. The SMILES string of the molecule is COc1cc(NS(=O)(=O)c2ccc(NCC(O)CO)cc2)nc(OC)n1. The number of methoxy groups -OCH3 is 2. The van der Waals surface area contributed by atoms with Crippen LogP contribution in [0, 0.1) is 0 Å². The molecule has 0 bridgehead atoms. The highest BCUT2D eigenvalue weighted by Crippen LogP contribution is 2.21. The third-order valence-corrected chi connectivity index (χ3v) is 4.60. The standard InChI is InChI=1S/C15H20N4O6S/c1-24-14-7-13(17-15(18-14)25-2)19-26(22,23)12-5-3-10(4-6-12)16-8-11(21)9-20/h3-7,11,16,20-21H,8-9H2,1-2H3,(H,17,18,19). The number of aliphatic hydroxyl groups is 2. The number of ether oxygens (including phenoxy) is 2. The number of nitrogens with zero attached hydrogens (tertiary/aromatic N) is 2. The second kappa shape index (κ2) is 8.65. The maximum atomic E-state index is 12.5. The number of nitrogens with one attached hydrogen (secondary N) is 2. The lowest BCUT2D eigenvalue weighted by atomic mass is 10.3. The fourth-order valence-electron chi connectivity index (χ4n) is 1.90. The van der Waals surface area contributed by atoms with E-state index in [9.17, 15) is 13.5 Å². The molecule has 0 saturated heterocycles. The van der Waals surface area contributed by atoms with E-state index in [0.717, 1.165) is 0 Å². The number of hydrogen-bond acceptors (Lipinski definition) is 9. The molecule has 0 radical (unpaired) electrons. The van der Waals surface area contributed by atoms with Crippen LogP contribution < -0.4 is 19.5 Å². The van der Waals surface area contributed by atoms with Gasteiger partial charge >= 0.3 is 6.01 Å². The van der Waals surface area contributed by atoms with Crippen LogP contribution in [0.1, 0.15) is 0 Å². The van der Waals surface area contributed by atoms with Crippen molar-refractivity contribution in [3.63, 3.8) is 0 Å². The molecular weight excluding hydrogens is 364 g/mol. The summed E-state index contributed by atoms with van der Waals surface area (Å²) in [5.41, 5.74) is 0.599. The van der Waals surface area contributed by atoms with Crippen LogP contribution in [0.15, 0.2) is 35.2 Å². The van der Waals surface area contributed by atoms with E-state index in [4.69, 9.17) is 14.6 Å². The van der Waals surface area contributed by atoms with E-state index < -0.39 is 16.1 Å². The molecular formula is C15H20N4O6S. The van der Waals surface area contributed by atoms with Gasteiger partial charge in [-0.15, -0.1) is 0 Å². The average molecular weight is 384 g/mol. The lowest BCUT2D eigenvalue weighted by Crippen LogP contribution is -2.22. The summed E-state index contributed by atoms with van der Waals surface area (Å²) in [4.78, 5) is 7.82. The van der Waals surface area contributed by atoms with Gasteiger partial charge < -0.3 is 25.0 Å². The zero-order valence-corrected chi connectivity index (χ0v) is 15.0. The van der Waals surface area contributed by atoms with Gasteiger partial charge in [-0.3, -0.25) is 4.72 Å². The molecule has 1 atom stereocenters. The van der Waals surface area contributed by atoms with Gasteiger partial charge in [-0.05, 0) is 24.3 Å². The molecule has 1 aromatic carbocycles. The van der Waals surface area contributed by atoms with Crippen molar-refractivity contribution < 1.29 is 28.1 Å². The van der Waals surface area contributed by atoms with Gasteiger partial charge in [-0.2, -0.15) is 9.97 Å². The van der Waals surface area contributed by atoms with Crippen LogP contribution in [0.4, 0.5) is 11.5 Å². The van der Waals surface area contributed by atoms with E-state index >= 15 is 0 Å². The Morgan fingerprint density at radius 2 is 1.85 bits per heavy atom. The van der Waals surface area contributed by atoms with Crippen LogP contribution >= 0.6 is 0 Å². The smallest absolute Gasteiger partial charge is 0.321 e. The molecule has 0 spiro atoms. The molecule has 2 aromatic rings. The first-order valence-corrected chi connectivity index (χ1v) is 8.99. The Morgan fingerprint density at radius 3 is 2.42 bits per heavy atom. The summed E-state index contributed by atoms with van der Waals surface area (Å²) < 4.78 is 37.2. The maximum Gasteiger partial charge on any atom is 0.321 e. The number of aliphatic hydroxyl groups excluding tert-OH is 2. The molecule has 0 saturated carbocycles. The van der Waals surface area contributed by atoms with Gasteiger partial charge in [0.2, 0.25) is 5.88 Å². The van der Waals surface area contributed by atoms with Gasteiger partial charge in [0, 0.05) is 18.3 Å². The first-order valence-electron chi connectivity index (χ1n) is 7.50. The van der Waals surface area contributed by atoms with E-state index in [-0.39, 0.29) is 35.8 Å². The van der Waals surface area contributed by atoms with Crippen molar-refractivity contribution in [2.24, 2.45) is 0 Å². The summed E-state index contributed by atoms with van der Waals surface area (Å²) in [6.07, 6.45) is -0.900. The van der Waals surface area contributed by atoms with Gasteiger partial charge in [0.15, 0.2) is 5.82 Å². The highest BCUT2D eigenvalue weighted by atomic mass is 32.2. The van der Waals surface area contributed by atoms with E-state index in [2.05, 4.69) is 20.0 Å². The average Bonchev–Trinajstić information content (AvgIpc) is 2.65. The molecule has 0 aliphatic carbocycles. The second-order valence-corrected chi connectivity index (χ2v) is 6.81. The summed E-state index contributed by atoms with van der Waals surface area (Å²) >= 11 is 0. The van der Waals surface area contributed by atoms with Crippen LogP contribution in [0.3, 0.4) is 0 Å². The molecule has 142 valence electrons. The van der Waals surface area contributed by atoms with Gasteiger partial charge in [-0.1, -0.05) is 0 Å². The summed E-state index contributed by atoms with van der Waals surface area (Å²) in [6.45, 7) is -0.226. The second-order valence-electron chi connectivity index (χ2n) is 5.13. The Bertz CT molecular complexity index is 806. The Morgan fingerprint density at radius 1 is 1.15 bits per heavy atom. The van der Waals surface area contributed by atoms with Gasteiger partial charge in [0.05, 0.1) is 31.8 Å². The number of sulfonamides is 1. The van der Waals surface area contributed by atoms with Crippen molar-refractivity contribution in [1.82, 2.24) is 9.97 Å². The van der Waals surface area contributed by atoms with Crippen molar-refractivity contribution in [2.75, 3.05) is 37.4 Å². The normalized spacial score (nSPS) is 12.3. The Labute approximate surface area is 150 Å². The molecule has 26 heavy (non-hydrogen) atoms. The number of anilines is 2. The lowest BCUT2D eigenvalue weighted by molar-refractivity contribution is 0.105. The largest absolute Gasteiger partial charge is 0.481 e. The fraction of sp³-hybridized carbons (Fsp3) is 0.333. The predicted molar refractivity (Wildman–Crippen MR) is 94.0 cm³/mol. The van der Waals surface area contributed by atoms with Gasteiger partial charge in [-0.25, -0.2) is 8.42 Å². The zero-order valence-electron chi connectivity index (χ0n) is 14.2. The minimum absolute atomic E-state index is 0.00182. The topological polar surface area (TPSA) is 143 Å². The molecule has 1 aromatic heterocycles. The first kappa shape index (κ1) is 19.7. The molecule has 4 N–H and O–H groups in total. The Kier molecular flexibility index (Phi) is 6.55. The molecule has 10 nitrogen and oxygen atoms in total. The van der Waals surface area contributed by atoms with Crippen molar-refractivity contribution >= 4 is 21.5 Å². The monoisotopic (exact) mass is 384 g/mol. The fourth-order valence-corrected chi connectivity index (χ4v) is 2.89. The van der Waals surface area contributed by atoms with E-state index in [1.807, 2.05) is 0 Å². The zero-order chi connectivity index (χ0) is 19.2. The van der Waals surface area contributed by atoms with Crippen LogP contribution in [0.2, 0.25) is 0 Å². The highest BCUT2D eigenvalue weighted by Gasteiger charge is 2.17. The van der Waals surface area contributed by atoms with E-state index in [1.54, 1.807) is 12.1 Å². The molecule has 0 fully saturated rings. The van der Waals surface area contributed by atoms with Crippen LogP contribution in [0.5, 0.6) is 11.9 Å². The summed E-state index contributed by atoms with van der Waals surface area (Å²) in [7, 11) is -1.14. The Hall–Kier alpha value is -2.63. The van der Waals surface area contributed by atoms with Crippen molar-refractivity contribution in [3.8, 4) is 11.9 Å². The third-order valence-electron chi connectivity index (χ3n) is 3.23. The van der Waals surface area contributed by atoms with Crippen molar-refractivity contribution in [1.29, 1.82) is 0 Å². The van der Waals surface area contributed by atoms with Crippen molar-refractivity contribution in [3.05, 3.63) is 30.3 Å². The molecule has 2 rings (SSSR count). The van der Waals surface area contributed by atoms with Gasteiger partial charge in [0.25, 0.3) is 10.0 Å². The third kappa shape index (κ3) is 5.18. The molecule has 11 heteroatoms. The number of aromatic nitrogens is 2. The minimum Gasteiger partial charge on any atom is -0.481 e. The predicted octanol–water partition coefficient (Wildman–Crippen LogP) is 0.0597. The molecule has 0 aliphatic heterocycles. The molecule has 1 unspecified atom stereocenters. The number of benzene rings is 1. The van der Waals surface area contributed by atoms with E-state index in [0.29, 0.717) is 5.69 Å². The molecule has 0 amide bonds. The highest BCUT2D eigenvalue weighted by molar-refractivity contribution is 7.92. The Balaban J connectivity index is 2.15. The quantitative estimate of drug-likeness (QED) is 0.472. The molecule has 1 heterocycles. The lowest BCUT2D eigenvalue weighted by Gasteiger charge is -2.12. The van der Waals surface area contributed by atoms with E-state index in [1.165, 1.54) is 32.4 Å². The maximum absolute atomic E-state index is 12.5. The summed E-state index contributed by atoms with van der Waals surface area (Å²) in [5, 5.41) is 20.9. The van der Waals surface area contributed by atoms with Crippen LogP contribution in [-0.2, 0) is 10.0 Å². The van der Waals surface area contributed by atoms with Gasteiger partial charge in [0.1, 0.15) is 0 Å². The van der Waals surface area contributed by atoms with Crippen molar-refractivity contribution in [2.45, 2.75) is 11.0 Å². The number of rotatable bonds is 9. The minimum atomic E-state index is -3.88. The molecule has 0 aliphatic rings. The van der Waals surface area contributed by atoms with Crippen LogP contribution in [0.25, 0.3) is 0 Å².